The van der Waals surface area contributed by atoms with Gasteiger partial charge >= 0.3 is 5.97 Å². The van der Waals surface area contributed by atoms with E-state index in [0.29, 0.717) is 36.2 Å². The molecule has 0 amide bonds. The van der Waals surface area contributed by atoms with Crippen molar-refractivity contribution in [2.45, 2.75) is 18.9 Å². The van der Waals surface area contributed by atoms with Crippen molar-refractivity contribution in [2.75, 3.05) is 13.2 Å². The van der Waals surface area contributed by atoms with Crippen molar-refractivity contribution in [1.82, 2.24) is 34.5 Å². The Labute approximate surface area is 142 Å². The summed E-state index contributed by atoms with van der Waals surface area (Å²) in [5.74, 6) is 0.860. The lowest BCUT2D eigenvalue weighted by atomic mass is 10.1. The summed E-state index contributed by atoms with van der Waals surface area (Å²) in [6.45, 7) is 0.965. The van der Waals surface area contributed by atoms with Crippen LogP contribution >= 0.6 is 0 Å². The molecule has 25 heavy (non-hydrogen) atoms. The van der Waals surface area contributed by atoms with Gasteiger partial charge in [-0.3, -0.25) is 9.36 Å². The molecule has 4 heterocycles. The second-order valence-electron chi connectivity index (χ2n) is 5.68. The summed E-state index contributed by atoms with van der Waals surface area (Å²) in [7, 11) is 0. The number of aromatic nitrogens is 7. The van der Waals surface area contributed by atoms with E-state index in [2.05, 4.69) is 25.3 Å². The zero-order chi connectivity index (χ0) is 17.2. The zero-order valence-corrected chi connectivity index (χ0v) is 13.2. The molecule has 0 spiro atoms. The van der Waals surface area contributed by atoms with Crippen LogP contribution in [0.25, 0.3) is 17.2 Å². The molecule has 3 aromatic heterocycles. The smallest absolute Gasteiger partial charge is 0.325 e. The van der Waals surface area contributed by atoms with Gasteiger partial charge in [0.2, 0.25) is 0 Å². The average molecular weight is 341 g/mol. The molecule has 1 aliphatic rings. The lowest BCUT2D eigenvalue weighted by Crippen LogP contribution is -2.12. The average Bonchev–Trinajstić information content (AvgIpc) is 3.36. The van der Waals surface area contributed by atoms with Gasteiger partial charge in [0.25, 0.3) is 0 Å². The van der Waals surface area contributed by atoms with E-state index in [1.54, 1.807) is 29.5 Å². The Morgan fingerprint density at radius 2 is 2.16 bits per heavy atom. The van der Waals surface area contributed by atoms with E-state index in [1.165, 1.54) is 4.68 Å². The molecule has 1 unspecified atom stereocenters. The highest BCUT2D eigenvalue weighted by Gasteiger charge is 2.24. The van der Waals surface area contributed by atoms with Gasteiger partial charge in [0.1, 0.15) is 25.0 Å². The second-order valence-corrected chi connectivity index (χ2v) is 5.68. The van der Waals surface area contributed by atoms with Crippen LogP contribution in [0.15, 0.2) is 31.0 Å². The van der Waals surface area contributed by atoms with Crippen LogP contribution < -0.4 is 0 Å². The Balaban J connectivity index is 1.68. The van der Waals surface area contributed by atoms with Gasteiger partial charge < -0.3 is 9.84 Å². The largest absolute Gasteiger partial charge is 0.480 e. The fourth-order valence-electron chi connectivity index (χ4n) is 2.71. The van der Waals surface area contributed by atoms with E-state index in [0.717, 1.165) is 6.42 Å². The Bertz CT molecular complexity index is 867. The molecule has 0 saturated carbocycles. The van der Waals surface area contributed by atoms with Crippen LogP contribution in [0.3, 0.4) is 0 Å². The molecule has 128 valence electrons. The lowest BCUT2D eigenvalue weighted by Gasteiger charge is -2.04. The van der Waals surface area contributed by atoms with Crippen molar-refractivity contribution in [3.63, 3.8) is 0 Å². The predicted molar refractivity (Wildman–Crippen MR) is 84.0 cm³/mol. The number of pyridine rings is 1. The first kappa shape index (κ1) is 15.4. The monoisotopic (exact) mass is 341 g/mol. The number of aliphatic carboxylic acids is 1. The predicted octanol–water partition coefficient (Wildman–Crippen LogP) is 0.509. The first-order valence-corrected chi connectivity index (χ1v) is 7.76. The van der Waals surface area contributed by atoms with E-state index in [9.17, 15) is 4.79 Å². The Kier molecular flexibility index (Phi) is 3.94. The number of rotatable bonds is 5. The van der Waals surface area contributed by atoms with E-state index in [-0.39, 0.29) is 12.5 Å². The van der Waals surface area contributed by atoms with E-state index in [4.69, 9.17) is 9.84 Å². The quantitative estimate of drug-likeness (QED) is 0.712. The molecular weight excluding hydrogens is 326 g/mol. The number of hydrogen-bond acceptors (Lipinski definition) is 7. The van der Waals surface area contributed by atoms with Gasteiger partial charge in [0.15, 0.2) is 11.6 Å². The van der Waals surface area contributed by atoms with Crippen LogP contribution in [0.4, 0.5) is 0 Å². The Hall–Kier alpha value is -3.14. The normalized spacial score (nSPS) is 17.0. The number of carboxylic acid groups (broad SMARTS) is 1. The molecule has 1 N–H and O–H groups in total. The van der Waals surface area contributed by atoms with Gasteiger partial charge in [-0.05, 0) is 18.6 Å². The number of hydrogen-bond donors (Lipinski definition) is 1. The van der Waals surface area contributed by atoms with Crippen LogP contribution in [0, 0.1) is 0 Å². The maximum Gasteiger partial charge on any atom is 0.325 e. The Morgan fingerprint density at radius 1 is 1.32 bits per heavy atom. The van der Waals surface area contributed by atoms with Crippen LogP contribution in [0.2, 0.25) is 0 Å². The highest BCUT2D eigenvalue weighted by molar-refractivity contribution is 5.67. The minimum absolute atomic E-state index is 0.0954. The zero-order valence-electron chi connectivity index (χ0n) is 13.2. The molecular formula is C15H15N7O3. The fourth-order valence-corrected chi connectivity index (χ4v) is 2.71. The van der Waals surface area contributed by atoms with Crippen molar-refractivity contribution in [1.29, 1.82) is 0 Å². The molecule has 0 aliphatic carbocycles. The van der Waals surface area contributed by atoms with Crippen LogP contribution in [0.1, 0.15) is 18.2 Å². The van der Waals surface area contributed by atoms with Gasteiger partial charge in [-0.25, -0.2) is 14.6 Å². The lowest BCUT2D eigenvalue weighted by molar-refractivity contribution is -0.137. The van der Waals surface area contributed by atoms with Crippen LogP contribution in [-0.4, -0.2) is 58.8 Å². The molecule has 10 heteroatoms. The molecule has 0 bridgehead atoms. The van der Waals surface area contributed by atoms with Gasteiger partial charge in [-0.1, -0.05) is 0 Å². The summed E-state index contributed by atoms with van der Waals surface area (Å²) in [5, 5.41) is 21.0. The highest BCUT2D eigenvalue weighted by Crippen LogP contribution is 2.26. The van der Waals surface area contributed by atoms with Gasteiger partial charge in [0, 0.05) is 24.3 Å². The number of ether oxygens (including phenoxy) is 1. The number of carboxylic acids is 1. The standard InChI is InChI=1S/C15H15N7O3/c23-13(24)6-22-15(19-14(20-22)11-3-4-25-7-11)10-1-2-12(16-5-10)21-8-17-18-9-21/h1-2,5,8-9,11H,3-4,6-7H2,(H,23,24). The molecule has 0 radical (unpaired) electrons. The minimum Gasteiger partial charge on any atom is -0.480 e. The van der Waals surface area contributed by atoms with Crippen LogP contribution in [-0.2, 0) is 16.1 Å². The first-order chi connectivity index (χ1) is 12.2. The van der Waals surface area contributed by atoms with Crippen molar-refractivity contribution in [3.05, 3.63) is 36.8 Å². The van der Waals surface area contributed by atoms with Gasteiger partial charge in [0.05, 0.1) is 6.61 Å². The minimum atomic E-state index is -0.977. The van der Waals surface area contributed by atoms with E-state index < -0.39 is 5.97 Å². The summed E-state index contributed by atoms with van der Waals surface area (Å²) in [6.07, 6.45) is 5.56. The number of carbonyl (C=O) groups is 1. The van der Waals surface area contributed by atoms with Crippen LogP contribution in [0.5, 0.6) is 0 Å². The third-order valence-corrected chi connectivity index (χ3v) is 3.96. The van der Waals surface area contributed by atoms with Crippen molar-refractivity contribution in [3.8, 4) is 17.2 Å². The van der Waals surface area contributed by atoms with Gasteiger partial charge in [-0.2, -0.15) is 5.10 Å². The maximum atomic E-state index is 11.1. The molecule has 1 aliphatic heterocycles. The third kappa shape index (κ3) is 3.11. The molecule has 4 rings (SSSR count). The topological polar surface area (TPSA) is 121 Å². The van der Waals surface area contributed by atoms with E-state index in [1.807, 2.05) is 6.07 Å². The number of nitrogens with zero attached hydrogens (tertiary/aromatic N) is 7. The molecule has 1 fully saturated rings. The van der Waals surface area contributed by atoms with Gasteiger partial charge in [-0.15, -0.1) is 10.2 Å². The molecule has 3 aromatic rings. The summed E-state index contributed by atoms with van der Waals surface area (Å²) in [4.78, 5) is 20.0. The molecule has 1 saturated heterocycles. The van der Waals surface area contributed by atoms with Crippen molar-refractivity contribution in [2.24, 2.45) is 0 Å². The third-order valence-electron chi connectivity index (χ3n) is 3.96. The van der Waals surface area contributed by atoms with Crippen molar-refractivity contribution >= 4 is 5.97 Å². The summed E-state index contributed by atoms with van der Waals surface area (Å²) in [6, 6.07) is 3.61. The highest BCUT2D eigenvalue weighted by atomic mass is 16.5. The maximum absolute atomic E-state index is 11.1. The summed E-state index contributed by atoms with van der Waals surface area (Å²) >= 11 is 0. The molecule has 1 atom stereocenters. The SMILES string of the molecule is O=C(O)Cn1nc(C2CCOC2)nc1-c1ccc(-n2cnnc2)nc1. The molecule has 10 nitrogen and oxygen atoms in total. The second kappa shape index (κ2) is 6.40. The Morgan fingerprint density at radius 3 is 2.80 bits per heavy atom. The summed E-state index contributed by atoms with van der Waals surface area (Å²) in [5.41, 5.74) is 0.690. The first-order valence-electron chi connectivity index (χ1n) is 7.76. The molecule has 0 aromatic carbocycles. The van der Waals surface area contributed by atoms with Crippen molar-refractivity contribution < 1.29 is 14.6 Å². The summed E-state index contributed by atoms with van der Waals surface area (Å²) < 4.78 is 8.44. The van der Waals surface area contributed by atoms with E-state index >= 15 is 0 Å². The fraction of sp³-hybridized carbons (Fsp3) is 0.333.